The summed E-state index contributed by atoms with van der Waals surface area (Å²) in [5, 5.41) is 5.14. The maximum absolute atomic E-state index is 12.4. The Balaban J connectivity index is 3.29. The third-order valence-corrected chi connectivity index (χ3v) is 4.47. The van der Waals surface area contributed by atoms with Gasteiger partial charge in [-0.2, -0.15) is 0 Å². The van der Waals surface area contributed by atoms with Gasteiger partial charge in [0.1, 0.15) is 0 Å². The van der Waals surface area contributed by atoms with Crippen molar-refractivity contribution in [1.29, 1.82) is 0 Å². The molecule has 1 aromatic rings. The Morgan fingerprint density at radius 3 is 2.32 bits per heavy atom. The van der Waals surface area contributed by atoms with Gasteiger partial charge in [0.25, 0.3) is 5.91 Å². The van der Waals surface area contributed by atoms with E-state index >= 15 is 0 Å². The first-order chi connectivity index (χ1) is 8.61. The minimum Gasteiger partial charge on any atom is -0.337 e. The van der Waals surface area contributed by atoms with Gasteiger partial charge in [-0.3, -0.25) is 4.79 Å². The van der Waals surface area contributed by atoms with Gasteiger partial charge in [0.05, 0.1) is 10.5 Å². The second-order valence-electron chi connectivity index (χ2n) is 5.07. The maximum Gasteiger partial charge on any atom is 0.255 e. The number of hydrogen-bond donors (Lipinski definition) is 1. The highest BCUT2D eigenvalue weighted by molar-refractivity contribution is 7.89. The van der Waals surface area contributed by atoms with Crippen LogP contribution in [-0.2, 0) is 10.0 Å². The third kappa shape index (κ3) is 3.33. The minimum absolute atomic E-state index is 0.106. The lowest BCUT2D eigenvalue weighted by Crippen LogP contribution is -2.45. The van der Waals surface area contributed by atoms with Crippen LogP contribution in [-0.4, -0.2) is 31.8 Å². The molecule has 106 valence electrons. The summed E-state index contributed by atoms with van der Waals surface area (Å²) in [6, 6.07) is 5.98. The Hall–Kier alpha value is -1.40. The fourth-order valence-electron chi connectivity index (χ4n) is 1.58. The van der Waals surface area contributed by atoms with E-state index in [1.54, 1.807) is 19.2 Å². The molecule has 6 heteroatoms. The van der Waals surface area contributed by atoms with Crippen molar-refractivity contribution in [2.75, 3.05) is 7.05 Å². The lowest BCUT2D eigenvalue weighted by molar-refractivity contribution is 0.0616. The fraction of sp³-hybridized carbons (Fsp3) is 0.462. The lowest BCUT2D eigenvalue weighted by atomic mass is 9.99. The van der Waals surface area contributed by atoms with Crippen LogP contribution >= 0.6 is 0 Å². The Bertz CT molecular complexity index is 579. The number of amides is 1. The monoisotopic (exact) mass is 284 g/mol. The zero-order chi connectivity index (χ0) is 14.8. The number of hydrogen-bond acceptors (Lipinski definition) is 3. The second kappa shape index (κ2) is 5.30. The molecule has 1 amide bonds. The van der Waals surface area contributed by atoms with Gasteiger partial charge in [-0.25, -0.2) is 13.6 Å². The molecule has 0 spiro atoms. The van der Waals surface area contributed by atoms with Gasteiger partial charge in [0.15, 0.2) is 0 Å². The molecule has 0 radical (unpaired) electrons. The van der Waals surface area contributed by atoms with Crippen molar-refractivity contribution in [2.24, 2.45) is 5.14 Å². The predicted molar refractivity (Wildman–Crippen MR) is 74.3 cm³/mol. The Labute approximate surface area is 114 Å². The molecule has 19 heavy (non-hydrogen) atoms. The molecule has 0 heterocycles. The van der Waals surface area contributed by atoms with Crippen LogP contribution in [0.4, 0.5) is 0 Å². The van der Waals surface area contributed by atoms with E-state index in [9.17, 15) is 13.2 Å². The Morgan fingerprint density at radius 1 is 1.32 bits per heavy atom. The smallest absolute Gasteiger partial charge is 0.255 e. The van der Waals surface area contributed by atoms with Crippen molar-refractivity contribution in [3.8, 4) is 0 Å². The standard InChI is InChI=1S/C13H20N2O3S/c1-5-13(2,3)15(4)12(16)10-8-6-7-9-11(10)19(14,17)18/h6-9H,5H2,1-4H3,(H2,14,17,18). The van der Waals surface area contributed by atoms with Gasteiger partial charge < -0.3 is 4.90 Å². The second-order valence-corrected chi connectivity index (χ2v) is 6.60. The maximum atomic E-state index is 12.4. The van der Waals surface area contributed by atoms with Crippen molar-refractivity contribution in [3.05, 3.63) is 29.8 Å². The topological polar surface area (TPSA) is 80.5 Å². The van der Waals surface area contributed by atoms with E-state index < -0.39 is 10.0 Å². The van der Waals surface area contributed by atoms with E-state index in [0.717, 1.165) is 6.42 Å². The summed E-state index contributed by atoms with van der Waals surface area (Å²) in [6.07, 6.45) is 0.757. The van der Waals surface area contributed by atoms with Crippen molar-refractivity contribution < 1.29 is 13.2 Å². The van der Waals surface area contributed by atoms with Crippen LogP contribution in [0.3, 0.4) is 0 Å². The van der Waals surface area contributed by atoms with Crippen molar-refractivity contribution in [1.82, 2.24) is 4.90 Å². The molecule has 0 saturated heterocycles. The first-order valence-corrected chi connectivity index (χ1v) is 7.56. The van der Waals surface area contributed by atoms with Gasteiger partial charge in [0, 0.05) is 12.6 Å². The highest BCUT2D eigenvalue weighted by Gasteiger charge is 2.29. The predicted octanol–water partition coefficient (Wildman–Crippen LogP) is 1.59. The van der Waals surface area contributed by atoms with Crippen molar-refractivity contribution >= 4 is 15.9 Å². The summed E-state index contributed by atoms with van der Waals surface area (Å²) in [6.45, 7) is 5.81. The van der Waals surface area contributed by atoms with Crippen LogP contribution in [0, 0.1) is 0 Å². The van der Waals surface area contributed by atoms with E-state index in [-0.39, 0.29) is 21.9 Å². The van der Waals surface area contributed by atoms with Crippen LogP contribution in [0.1, 0.15) is 37.6 Å². The summed E-state index contributed by atoms with van der Waals surface area (Å²) in [4.78, 5) is 13.8. The molecule has 1 rings (SSSR count). The quantitative estimate of drug-likeness (QED) is 0.911. The fourth-order valence-corrected chi connectivity index (χ4v) is 2.31. The van der Waals surface area contributed by atoms with Crippen molar-refractivity contribution in [3.63, 3.8) is 0 Å². The molecule has 0 fully saturated rings. The van der Waals surface area contributed by atoms with Crippen LogP contribution in [0.15, 0.2) is 29.2 Å². The van der Waals surface area contributed by atoms with Crippen LogP contribution in [0.5, 0.6) is 0 Å². The zero-order valence-corrected chi connectivity index (χ0v) is 12.5. The number of primary sulfonamides is 1. The van der Waals surface area contributed by atoms with Crippen LogP contribution < -0.4 is 5.14 Å². The van der Waals surface area contributed by atoms with Crippen LogP contribution in [0.25, 0.3) is 0 Å². The number of benzene rings is 1. The SMILES string of the molecule is CCC(C)(C)N(C)C(=O)c1ccccc1S(N)(=O)=O. The van der Waals surface area contributed by atoms with E-state index in [1.165, 1.54) is 17.0 Å². The molecule has 0 aliphatic rings. The molecule has 1 aromatic carbocycles. The number of rotatable bonds is 4. The number of nitrogens with two attached hydrogens (primary N) is 1. The molecular formula is C13H20N2O3S. The number of nitrogens with zero attached hydrogens (tertiary/aromatic N) is 1. The normalized spacial score (nSPS) is 12.3. The average Bonchev–Trinajstić information content (AvgIpc) is 2.36. The highest BCUT2D eigenvalue weighted by atomic mass is 32.2. The van der Waals surface area contributed by atoms with Gasteiger partial charge >= 0.3 is 0 Å². The summed E-state index contributed by atoms with van der Waals surface area (Å²) in [5.41, 5.74) is -0.253. The number of carbonyl (C=O) groups is 1. The molecule has 0 aliphatic heterocycles. The molecular weight excluding hydrogens is 264 g/mol. The molecule has 0 aliphatic carbocycles. The molecule has 0 unspecified atom stereocenters. The third-order valence-electron chi connectivity index (χ3n) is 3.50. The Kier molecular flexibility index (Phi) is 4.37. The molecule has 5 nitrogen and oxygen atoms in total. The van der Waals surface area contributed by atoms with E-state index in [4.69, 9.17) is 5.14 Å². The summed E-state index contributed by atoms with van der Waals surface area (Å²) in [7, 11) is -2.25. The highest BCUT2D eigenvalue weighted by Crippen LogP contribution is 2.22. The summed E-state index contributed by atoms with van der Waals surface area (Å²) in [5.74, 6) is -0.350. The Morgan fingerprint density at radius 2 is 1.84 bits per heavy atom. The zero-order valence-electron chi connectivity index (χ0n) is 11.7. The molecule has 0 atom stereocenters. The largest absolute Gasteiger partial charge is 0.337 e. The lowest BCUT2D eigenvalue weighted by Gasteiger charge is -2.35. The number of carbonyl (C=O) groups excluding carboxylic acids is 1. The minimum atomic E-state index is -3.91. The molecule has 0 saturated carbocycles. The molecule has 2 N–H and O–H groups in total. The summed E-state index contributed by atoms with van der Waals surface area (Å²) >= 11 is 0. The van der Waals surface area contributed by atoms with Crippen molar-refractivity contribution in [2.45, 2.75) is 37.6 Å². The first-order valence-electron chi connectivity index (χ1n) is 6.01. The van der Waals surface area contributed by atoms with Gasteiger partial charge in [-0.15, -0.1) is 0 Å². The van der Waals surface area contributed by atoms with E-state index in [1.807, 2.05) is 20.8 Å². The average molecular weight is 284 g/mol. The van der Waals surface area contributed by atoms with E-state index in [0.29, 0.717) is 0 Å². The van der Waals surface area contributed by atoms with Crippen LogP contribution in [0.2, 0.25) is 0 Å². The van der Waals surface area contributed by atoms with E-state index in [2.05, 4.69) is 0 Å². The summed E-state index contributed by atoms with van der Waals surface area (Å²) < 4.78 is 23.0. The van der Waals surface area contributed by atoms with Gasteiger partial charge in [-0.1, -0.05) is 19.1 Å². The number of sulfonamides is 1. The van der Waals surface area contributed by atoms with Gasteiger partial charge in [-0.05, 0) is 32.4 Å². The van der Waals surface area contributed by atoms with Gasteiger partial charge in [0.2, 0.25) is 10.0 Å². The molecule has 0 aromatic heterocycles. The first kappa shape index (κ1) is 15.7. The molecule has 0 bridgehead atoms.